The summed E-state index contributed by atoms with van der Waals surface area (Å²) in [5, 5.41) is 0. The number of rotatable bonds is 2. The van der Waals surface area contributed by atoms with Gasteiger partial charge in [0.15, 0.2) is 0 Å². The van der Waals surface area contributed by atoms with Crippen molar-refractivity contribution in [2.75, 3.05) is 0 Å². The van der Waals surface area contributed by atoms with Crippen molar-refractivity contribution in [2.24, 2.45) is 0 Å². The first-order chi connectivity index (χ1) is 9.15. The quantitative estimate of drug-likeness (QED) is 0.752. The Labute approximate surface area is 109 Å². The molecule has 0 fully saturated rings. The number of aromatic nitrogens is 2. The number of nitrogens with zero attached hydrogens (tertiary/aromatic N) is 1. The van der Waals surface area contributed by atoms with Gasteiger partial charge < -0.3 is 4.98 Å². The molecule has 0 bridgehead atoms. The van der Waals surface area contributed by atoms with E-state index in [0.29, 0.717) is 17.6 Å². The summed E-state index contributed by atoms with van der Waals surface area (Å²) in [5.74, 6) is -0.343. The molecule has 0 aliphatic rings. The van der Waals surface area contributed by atoms with Gasteiger partial charge in [-0.15, -0.1) is 0 Å². The van der Waals surface area contributed by atoms with Gasteiger partial charge in [0.25, 0.3) is 0 Å². The summed E-state index contributed by atoms with van der Waals surface area (Å²) < 4.78 is 14.9. The lowest BCUT2D eigenvalue weighted by Crippen LogP contribution is -2.17. The Kier molecular flexibility index (Phi) is 2.71. The van der Waals surface area contributed by atoms with Gasteiger partial charge in [0.1, 0.15) is 5.82 Å². The Morgan fingerprint density at radius 3 is 2.79 bits per heavy atom. The van der Waals surface area contributed by atoms with Crippen LogP contribution in [0.1, 0.15) is 11.1 Å². The highest BCUT2D eigenvalue weighted by Crippen LogP contribution is 2.15. The molecule has 3 nitrogen and oxygen atoms in total. The SMILES string of the molecule is Cc1ccccc1Cn1c(=O)[nH]c2ccc(F)cc21. The molecule has 0 spiro atoms. The maximum atomic E-state index is 13.3. The molecule has 0 amide bonds. The molecule has 0 unspecified atom stereocenters. The number of H-pyrrole nitrogens is 1. The van der Waals surface area contributed by atoms with Crippen LogP contribution >= 0.6 is 0 Å². The summed E-state index contributed by atoms with van der Waals surface area (Å²) in [7, 11) is 0. The highest BCUT2D eigenvalue weighted by Gasteiger charge is 2.09. The van der Waals surface area contributed by atoms with Crippen LogP contribution in [0.25, 0.3) is 11.0 Å². The van der Waals surface area contributed by atoms with Gasteiger partial charge in [-0.05, 0) is 36.2 Å². The molecular weight excluding hydrogens is 243 g/mol. The zero-order valence-corrected chi connectivity index (χ0v) is 10.5. The van der Waals surface area contributed by atoms with E-state index in [1.165, 1.54) is 12.1 Å². The molecule has 4 heteroatoms. The van der Waals surface area contributed by atoms with Crippen LogP contribution in [-0.4, -0.2) is 9.55 Å². The first-order valence-electron chi connectivity index (χ1n) is 6.08. The fraction of sp³-hybridized carbons (Fsp3) is 0.133. The third-order valence-corrected chi connectivity index (χ3v) is 3.33. The molecule has 0 saturated carbocycles. The average molecular weight is 256 g/mol. The largest absolute Gasteiger partial charge is 0.326 e. The third-order valence-electron chi connectivity index (χ3n) is 3.33. The van der Waals surface area contributed by atoms with E-state index in [1.807, 2.05) is 31.2 Å². The van der Waals surface area contributed by atoms with Crippen molar-refractivity contribution in [3.63, 3.8) is 0 Å². The van der Waals surface area contributed by atoms with Crippen LogP contribution in [0, 0.1) is 12.7 Å². The number of nitrogens with one attached hydrogen (secondary N) is 1. The van der Waals surface area contributed by atoms with Crippen LogP contribution in [0.4, 0.5) is 4.39 Å². The molecule has 3 rings (SSSR count). The van der Waals surface area contributed by atoms with Gasteiger partial charge in [0.05, 0.1) is 17.6 Å². The number of aromatic amines is 1. The normalized spacial score (nSPS) is 11.1. The third kappa shape index (κ3) is 2.05. The van der Waals surface area contributed by atoms with E-state index in [4.69, 9.17) is 0 Å². The van der Waals surface area contributed by atoms with E-state index in [-0.39, 0.29) is 11.5 Å². The van der Waals surface area contributed by atoms with Gasteiger partial charge in [-0.2, -0.15) is 0 Å². The monoisotopic (exact) mass is 256 g/mol. The molecular formula is C15H13FN2O. The molecule has 0 aliphatic heterocycles. The Morgan fingerprint density at radius 1 is 1.21 bits per heavy atom. The molecule has 0 saturated heterocycles. The van der Waals surface area contributed by atoms with Gasteiger partial charge in [-0.25, -0.2) is 9.18 Å². The van der Waals surface area contributed by atoms with E-state index in [1.54, 1.807) is 10.6 Å². The second kappa shape index (κ2) is 4.39. The fourth-order valence-corrected chi connectivity index (χ4v) is 2.24. The summed E-state index contributed by atoms with van der Waals surface area (Å²) >= 11 is 0. The van der Waals surface area contributed by atoms with Crippen LogP contribution in [0.5, 0.6) is 0 Å². The van der Waals surface area contributed by atoms with E-state index in [0.717, 1.165) is 11.1 Å². The molecule has 0 aliphatic carbocycles. The summed E-state index contributed by atoms with van der Waals surface area (Å²) in [6.45, 7) is 2.44. The standard InChI is InChI=1S/C15H13FN2O/c1-10-4-2-3-5-11(10)9-18-14-8-12(16)6-7-13(14)17-15(18)19/h2-8H,9H2,1H3,(H,17,19). The molecule has 19 heavy (non-hydrogen) atoms. The number of hydrogen-bond donors (Lipinski definition) is 1. The maximum Gasteiger partial charge on any atom is 0.326 e. The van der Waals surface area contributed by atoms with Gasteiger partial charge >= 0.3 is 5.69 Å². The van der Waals surface area contributed by atoms with Crippen molar-refractivity contribution in [3.05, 3.63) is 69.9 Å². The molecule has 1 heterocycles. The number of fused-ring (bicyclic) bond motifs is 1. The van der Waals surface area contributed by atoms with Crippen LogP contribution in [0.2, 0.25) is 0 Å². The van der Waals surface area contributed by atoms with Crippen molar-refractivity contribution in [2.45, 2.75) is 13.5 Å². The van der Waals surface area contributed by atoms with Gasteiger partial charge in [0, 0.05) is 0 Å². The summed E-state index contributed by atoms with van der Waals surface area (Å²) in [6, 6.07) is 12.2. The van der Waals surface area contributed by atoms with Crippen LogP contribution < -0.4 is 5.69 Å². The summed E-state index contributed by atoms with van der Waals surface area (Å²) in [4.78, 5) is 14.7. The molecule has 0 atom stereocenters. The molecule has 3 aromatic rings. The zero-order chi connectivity index (χ0) is 13.4. The maximum absolute atomic E-state index is 13.3. The van der Waals surface area contributed by atoms with Gasteiger partial charge in [-0.3, -0.25) is 4.57 Å². The zero-order valence-electron chi connectivity index (χ0n) is 10.5. The lowest BCUT2D eigenvalue weighted by molar-refractivity contribution is 0.628. The molecule has 1 aromatic heterocycles. The Hall–Kier alpha value is -2.36. The minimum atomic E-state index is -0.343. The van der Waals surface area contributed by atoms with Crippen molar-refractivity contribution < 1.29 is 4.39 Å². The number of hydrogen-bond acceptors (Lipinski definition) is 1. The second-order valence-electron chi connectivity index (χ2n) is 4.60. The Morgan fingerprint density at radius 2 is 2.00 bits per heavy atom. The van der Waals surface area contributed by atoms with Crippen molar-refractivity contribution in [1.82, 2.24) is 9.55 Å². The minimum Gasteiger partial charge on any atom is -0.306 e. The van der Waals surface area contributed by atoms with Crippen LogP contribution in [0.3, 0.4) is 0 Å². The second-order valence-corrected chi connectivity index (χ2v) is 4.60. The van der Waals surface area contributed by atoms with Crippen molar-refractivity contribution >= 4 is 11.0 Å². The minimum absolute atomic E-state index is 0.219. The van der Waals surface area contributed by atoms with E-state index in [2.05, 4.69) is 4.98 Å². The average Bonchev–Trinajstić information content (AvgIpc) is 2.69. The number of halogens is 1. The predicted octanol–water partition coefficient (Wildman–Crippen LogP) is 2.83. The van der Waals surface area contributed by atoms with Gasteiger partial charge in [0.2, 0.25) is 0 Å². The van der Waals surface area contributed by atoms with Crippen molar-refractivity contribution in [3.8, 4) is 0 Å². The fourth-order valence-electron chi connectivity index (χ4n) is 2.24. The van der Waals surface area contributed by atoms with E-state index < -0.39 is 0 Å². The number of aryl methyl sites for hydroxylation is 1. The molecule has 2 aromatic carbocycles. The highest BCUT2D eigenvalue weighted by atomic mass is 19.1. The molecule has 0 radical (unpaired) electrons. The van der Waals surface area contributed by atoms with Crippen molar-refractivity contribution in [1.29, 1.82) is 0 Å². The first kappa shape index (κ1) is 11.7. The molecule has 1 N–H and O–H groups in total. The lowest BCUT2D eigenvalue weighted by atomic mass is 10.1. The first-order valence-corrected chi connectivity index (χ1v) is 6.08. The summed E-state index contributed by atoms with van der Waals surface area (Å²) in [5.41, 5.74) is 3.19. The summed E-state index contributed by atoms with van der Waals surface area (Å²) in [6.07, 6.45) is 0. The lowest BCUT2D eigenvalue weighted by Gasteiger charge is -2.06. The van der Waals surface area contributed by atoms with Crippen LogP contribution in [-0.2, 0) is 6.54 Å². The topological polar surface area (TPSA) is 37.8 Å². The predicted molar refractivity (Wildman–Crippen MR) is 72.8 cm³/mol. The Bertz CT molecular complexity index is 801. The molecule has 96 valence electrons. The van der Waals surface area contributed by atoms with E-state index in [9.17, 15) is 9.18 Å². The van der Waals surface area contributed by atoms with Crippen LogP contribution in [0.15, 0.2) is 47.3 Å². The highest BCUT2D eigenvalue weighted by molar-refractivity contribution is 5.75. The number of benzene rings is 2. The number of imidazole rings is 1. The van der Waals surface area contributed by atoms with Gasteiger partial charge in [-0.1, -0.05) is 24.3 Å². The smallest absolute Gasteiger partial charge is 0.306 e. The Balaban J connectivity index is 2.15. The van der Waals surface area contributed by atoms with E-state index >= 15 is 0 Å².